The summed E-state index contributed by atoms with van der Waals surface area (Å²) in [6.07, 6.45) is 8.88. The van der Waals surface area contributed by atoms with Crippen LogP contribution < -0.4 is 0 Å². The van der Waals surface area contributed by atoms with Gasteiger partial charge in [-0.05, 0) is 80.1 Å². The second-order valence-electron chi connectivity index (χ2n) is 9.33. The van der Waals surface area contributed by atoms with Gasteiger partial charge in [-0.15, -0.1) is 0 Å². The number of pyridine rings is 1. The molecule has 0 atom stereocenters. The number of aromatic amines is 2. The van der Waals surface area contributed by atoms with Gasteiger partial charge in [0.2, 0.25) is 0 Å². The van der Waals surface area contributed by atoms with Crippen LogP contribution in [0.1, 0.15) is 69.4 Å². The van der Waals surface area contributed by atoms with E-state index in [0.717, 1.165) is 11.0 Å². The first-order valence-corrected chi connectivity index (χ1v) is 11.8. The van der Waals surface area contributed by atoms with Crippen molar-refractivity contribution in [2.45, 2.75) is 58.3 Å². The normalized spacial score (nSPS) is 16.1. The second kappa shape index (κ2) is 8.46. The van der Waals surface area contributed by atoms with Crippen LogP contribution >= 0.6 is 0 Å². The van der Waals surface area contributed by atoms with Crippen molar-refractivity contribution in [2.24, 2.45) is 0 Å². The van der Waals surface area contributed by atoms with Gasteiger partial charge in [-0.1, -0.05) is 33.3 Å². The molecule has 4 aromatic rings. The van der Waals surface area contributed by atoms with Gasteiger partial charge in [-0.25, -0.2) is 4.98 Å². The molecule has 0 aliphatic carbocycles. The van der Waals surface area contributed by atoms with Crippen LogP contribution in [0.3, 0.4) is 0 Å². The predicted octanol–water partition coefficient (Wildman–Crippen LogP) is 6.21. The number of nitrogens with zero attached hydrogens (tertiary/aromatic N) is 3. The minimum Gasteiger partial charge on any atom is -0.354 e. The smallest absolute Gasteiger partial charge is 0.155 e. The molecule has 162 valence electrons. The number of piperidine rings is 1. The lowest BCUT2D eigenvalue weighted by molar-refractivity contribution is 0.210. The molecule has 5 nitrogen and oxygen atoms in total. The van der Waals surface area contributed by atoms with Gasteiger partial charge in [-0.2, -0.15) is 5.10 Å². The summed E-state index contributed by atoms with van der Waals surface area (Å²) in [5.74, 6) is 1.09. The maximum absolute atomic E-state index is 4.42. The SMILES string of the molecule is CCCCN1CCC(c2ccc3[nH]c(-c4ccnc5[nH]ncc45)c(C(C)C)c3c2)CC1. The van der Waals surface area contributed by atoms with Crippen LogP contribution in [0.5, 0.6) is 0 Å². The van der Waals surface area contributed by atoms with E-state index < -0.39 is 0 Å². The van der Waals surface area contributed by atoms with Crippen LogP contribution in [0, 0.1) is 0 Å². The first-order valence-electron chi connectivity index (χ1n) is 11.8. The molecule has 1 saturated heterocycles. The van der Waals surface area contributed by atoms with Crippen molar-refractivity contribution >= 4 is 21.9 Å². The Morgan fingerprint density at radius 2 is 1.97 bits per heavy atom. The molecule has 0 radical (unpaired) electrons. The average molecular weight is 416 g/mol. The zero-order valence-electron chi connectivity index (χ0n) is 18.9. The highest BCUT2D eigenvalue weighted by molar-refractivity contribution is 5.98. The lowest BCUT2D eigenvalue weighted by atomic mass is 9.87. The van der Waals surface area contributed by atoms with Crippen molar-refractivity contribution in [1.82, 2.24) is 25.1 Å². The minimum absolute atomic E-state index is 0.421. The van der Waals surface area contributed by atoms with Crippen molar-refractivity contribution in [3.05, 3.63) is 47.8 Å². The maximum atomic E-state index is 4.42. The molecule has 0 spiro atoms. The molecule has 1 fully saturated rings. The summed E-state index contributed by atoms with van der Waals surface area (Å²) in [4.78, 5) is 10.8. The van der Waals surface area contributed by atoms with Gasteiger partial charge in [0.25, 0.3) is 0 Å². The first kappa shape index (κ1) is 20.3. The Kier molecular flexibility index (Phi) is 5.53. The van der Waals surface area contributed by atoms with Crippen molar-refractivity contribution in [2.75, 3.05) is 19.6 Å². The number of aromatic nitrogens is 4. The van der Waals surface area contributed by atoms with E-state index in [4.69, 9.17) is 0 Å². The van der Waals surface area contributed by atoms with E-state index in [1.165, 1.54) is 78.6 Å². The Hall–Kier alpha value is -2.66. The summed E-state index contributed by atoms with van der Waals surface area (Å²) in [5, 5.41) is 9.64. The van der Waals surface area contributed by atoms with Crippen LogP contribution in [-0.2, 0) is 0 Å². The number of nitrogens with one attached hydrogen (secondary N) is 2. The molecule has 0 amide bonds. The Labute approximate surface area is 184 Å². The molecule has 1 aromatic carbocycles. The lowest BCUT2D eigenvalue weighted by Crippen LogP contribution is -2.33. The Morgan fingerprint density at radius 3 is 2.74 bits per heavy atom. The van der Waals surface area contributed by atoms with Gasteiger partial charge in [-0.3, -0.25) is 5.10 Å². The number of H-pyrrole nitrogens is 2. The molecule has 4 heterocycles. The molecular weight excluding hydrogens is 382 g/mol. The number of hydrogen-bond donors (Lipinski definition) is 2. The number of fused-ring (bicyclic) bond motifs is 2. The molecule has 0 saturated carbocycles. The third-order valence-corrected chi connectivity index (χ3v) is 6.95. The number of rotatable bonds is 6. The Balaban J connectivity index is 1.51. The standard InChI is InChI=1S/C26H33N5/c1-4-5-12-31-13-9-18(10-14-31)19-6-7-23-21(15-19)24(17(2)3)25(29-23)20-8-11-27-26-22(20)16-28-30-26/h6-8,11,15-18,29H,4-5,9-10,12-14H2,1-3H3,(H,27,28,30). The van der Waals surface area contributed by atoms with E-state index in [-0.39, 0.29) is 0 Å². The van der Waals surface area contributed by atoms with Gasteiger partial charge in [0, 0.05) is 28.0 Å². The van der Waals surface area contributed by atoms with Gasteiger partial charge in [0.15, 0.2) is 5.65 Å². The molecule has 0 unspecified atom stereocenters. The third-order valence-electron chi connectivity index (χ3n) is 6.95. The highest BCUT2D eigenvalue weighted by Crippen LogP contribution is 2.39. The molecule has 2 N–H and O–H groups in total. The molecule has 31 heavy (non-hydrogen) atoms. The van der Waals surface area contributed by atoms with Crippen molar-refractivity contribution in [1.29, 1.82) is 0 Å². The first-order chi connectivity index (χ1) is 15.2. The second-order valence-corrected chi connectivity index (χ2v) is 9.33. The average Bonchev–Trinajstić information content (AvgIpc) is 3.42. The molecule has 5 heteroatoms. The largest absolute Gasteiger partial charge is 0.354 e. The zero-order valence-corrected chi connectivity index (χ0v) is 18.9. The van der Waals surface area contributed by atoms with E-state index in [9.17, 15) is 0 Å². The number of benzene rings is 1. The van der Waals surface area contributed by atoms with E-state index in [2.05, 4.69) is 70.1 Å². The van der Waals surface area contributed by atoms with Gasteiger partial charge >= 0.3 is 0 Å². The summed E-state index contributed by atoms with van der Waals surface area (Å²) in [7, 11) is 0. The number of hydrogen-bond acceptors (Lipinski definition) is 3. The van der Waals surface area contributed by atoms with Gasteiger partial charge in [0.05, 0.1) is 11.9 Å². The lowest BCUT2D eigenvalue weighted by Gasteiger charge is -2.32. The van der Waals surface area contributed by atoms with Gasteiger partial charge in [0.1, 0.15) is 0 Å². The number of unbranched alkanes of at least 4 members (excludes halogenated alkanes) is 1. The minimum atomic E-state index is 0.421. The van der Waals surface area contributed by atoms with Gasteiger partial charge < -0.3 is 9.88 Å². The van der Waals surface area contributed by atoms with Crippen molar-refractivity contribution in [3.63, 3.8) is 0 Å². The van der Waals surface area contributed by atoms with Crippen LogP contribution in [0.15, 0.2) is 36.7 Å². The third kappa shape index (κ3) is 3.76. The molecule has 0 bridgehead atoms. The predicted molar refractivity (Wildman–Crippen MR) is 129 cm³/mol. The summed E-state index contributed by atoms with van der Waals surface area (Å²) in [6, 6.07) is 9.20. The fraction of sp³-hybridized carbons (Fsp3) is 0.462. The maximum Gasteiger partial charge on any atom is 0.155 e. The van der Waals surface area contributed by atoms with Crippen LogP contribution in [0.25, 0.3) is 33.2 Å². The molecule has 1 aliphatic heterocycles. The van der Waals surface area contributed by atoms with Crippen molar-refractivity contribution in [3.8, 4) is 11.3 Å². The van der Waals surface area contributed by atoms with E-state index >= 15 is 0 Å². The number of likely N-dealkylation sites (tertiary alicyclic amines) is 1. The summed E-state index contributed by atoms with van der Waals surface area (Å²) in [6.45, 7) is 10.6. The molecule has 1 aliphatic rings. The topological polar surface area (TPSA) is 60.6 Å². The summed E-state index contributed by atoms with van der Waals surface area (Å²) in [5.41, 5.74) is 7.32. The summed E-state index contributed by atoms with van der Waals surface area (Å²) < 4.78 is 0. The molecule has 5 rings (SSSR count). The molecule has 3 aromatic heterocycles. The highest BCUT2D eigenvalue weighted by atomic mass is 15.1. The van der Waals surface area contributed by atoms with E-state index in [1.807, 2.05) is 12.4 Å². The fourth-order valence-electron chi connectivity index (χ4n) is 5.24. The van der Waals surface area contributed by atoms with E-state index in [0.29, 0.717) is 11.8 Å². The Bertz CT molecular complexity index is 1180. The van der Waals surface area contributed by atoms with Crippen LogP contribution in [0.4, 0.5) is 0 Å². The zero-order chi connectivity index (χ0) is 21.4. The fourth-order valence-corrected chi connectivity index (χ4v) is 5.24. The van der Waals surface area contributed by atoms with Crippen LogP contribution in [0.2, 0.25) is 0 Å². The Morgan fingerprint density at radius 1 is 1.13 bits per heavy atom. The highest BCUT2D eigenvalue weighted by Gasteiger charge is 2.23. The summed E-state index contributed by atoms with van der Waals surface area (Å²) >= 11 is 0. The molecular formula is C26H33N5. The van der Waals surface area contributed by atoms with Crippen LogP contribution in [-0.4, -0.2) is 44.7 Å². The van der Waals surface area contributed by atoms with Crippen molar-refractivity contribution < 1.29 is 0 Å². The van der Waals surface area contributed by atoms with E-state index in [1.54, 1.807) is 0 Å². The monoisotopic (exact) mass is 415 g/mol. The quantitative estimate of drug-likeness (QED) is 0.394.